The highest BCUT2D eigenvalue weighted by Crippen LogP contribution is 2.29. The monoisotopic (exact) mass is 426 g/mol. The minimum atomic E-state index is -0.598. The van der Waals surface area contributed by atoms with E-state index in [1.165, 1.54) is 19.3 Å². The Morgan fingerprint density at radius 2 is 1.58 bits per heavy atom. The van der Waals surface area contributed by atoms with Gasteiger partial charge in [-0.2, -0.15) is 0 Å². The molecule has 2 aromatic carbocycles. The lowest BCUT2D eigenvalue weighted by Gasteiger charge is -2.28. The number of hydrogen-bond donors (Lipinski definition) is 1. The Labute approximate surface area is 183 Å². The number of ether oxygens (including phenoxy) is 3. The van der Waals surface area contributed by atoms with Gasteiger partial charge in [-0.25, -0.2) is 4.79 Å². The molecular formula is C24H30N2O5. The number of hydrogen-bond acceptors (Lipinski definition) is 6. The Morgan fingerprint density at radius 1 is 0.903 bits per heavy atom. The van der Waals surface area contributed by atoms with Crippen molar-refractivity contribution in [2.75, 3.05) is 43.1 Å². The molecule has 0 saturated carbocycles. The van der Waals surface area contributed by atoms with Gasteiger partial charge < -0.3 is 24.4 Å². The van der Waals surface area contributed by atoms with Gasteiger partial charge in [0.25, 0.3) is 5.91 Å². The molecular weight excluding hydrogens is 396 g/mol. The Bertz CT molecular complexity index is 876. The van der Waals surface area contributed by atoms with Gasteiger partial charge in [-0.1, -0.05) is 0 Å². The number of benzene rings is 2. The van der Waals surface area contributed by atoms with Gasteiger partial charge in [0.2, 0.25) is 0 Å². The van der Waals surface area contributed by atoms with Crippen LogP contribution in [0.25, 0.3) is 0 Å². The molecule has 0 aliphatic carbocycles. The number of anilines is 2. The van der Waals surface area contributed by atoms with Gasteiger partial charge >= 0.3 is 5.97 Å². The van der Waals surface area contributed by atoms with Crippen molar-refractivity contribution in [2.24, 2.45) is 0 Å². The normalized spacial score (nSPS) is 13.4. The second kappa shape index (κ2) is 11.2. The second-order valence-corrected chi connectivity index (χ2v) is 7.25. The van der Waals surface area contributed by atoms with E-state index in [-0.39, 0.29) is 6.61 Å². The van der Waals surface area contributed by atoms with Gasteiger partial charge in [0.15, 0.2) is 18.1 Å². The molecule has 1 aliphatic rings. The highest BCUT2D eigenvalue weighted by atomic mass is 16.5. The third-order valence-electron chi connectivity index (χ3n) is 4.99. The summed E-state index contributed by atoms with van der Waals surface area (Å²) in [5, 5.41) is 2.76. The third-order valence-corrected chi connectivity index (χ3v) is 4.99. The van der Waals surface area contributed by atoms with E-state index in [0.29, 0.717) is 36.0 Å². The van der Waals surface area contributed by atoms with Crippen LogP contribution in [0.5, 0.6) is 11.5 Å². The van der Waals surface area contributed by atoms with Crippen molar-refractivity contribution in [3.05, 3.63) is 48.0 Å². The minimum Gasteiger partial charge on any atom is -0.490 e. The fraction of sp³-hybridized carbons (Fsp3) is 0.417. The van der Waals surface area contributed by atoms with Crippen LogP contribution in [0, 0.1) is 0 Å². The van der Waals surface area contributed by atoms with Crippen LogP contribution in [-0.2, 0) is 9.53 Å². The number of amides is 1. The van der Waals surface area contributed by atoms with Crippen molar-refractivity contribution in [1.29, 1.82) is 0 Å². The molecule has 0 unspecified atom stereocenters. The van der Waals surface area contributed by atoms with Crippen LogP contribution in [0.4, 0.5) is 11.4 Å². The predicted octanol–water partition coefficient (Wildman–Crippen LogP) is 4.27. The largest absolute Gasteiger partial charge is 0.490 e. The Hall–Kier alpha value is -3.22. The van der Waals surface area contributed by atoms with E-state index in [4.69, 9.17) is 14.2 Å². The van der Waals surface area contributed by atoms with E-state index in [1.54, 1.807) is 18.2 Å². The van der Waals surface area contributed by atoms with Gasteiger partial charge in [-0.3, -0.25) is 4.79 Å². The first-order valence-corrected chi connectivity index (χ1v) is 10.8. The molecule has 7 nitrogen and oxygen atoms in total. The number of piperidine rings is 1. The van der Waals surface area contributed by atoms with E-state index in [0.717, 1.165) is 18.8 Å². The fourth-order valence-corrected chi connectivity index (χ4v) is 3.50. The number of nitrogens with zero attached hydrogens (tertiary/aromatic N) is 1. The Kier molecular flexibility index (Phi) is 8.15. The predicted molar refractivity (Wildman–Crippen MR) is 120 cm³/mol. The molecule has 1 heterocycles. The lowest BCUT2D eigenvalue weighted by atomic mass is 10.1. The molecule has 0 radical (unpaired) electrons. The fourth-order valence-electron chi connectivity index (χ4n) is 3.50. The summed E-state index contributed by atoms with van der Waals surface area (Å²) in [6.07, 6.45) is 3.71. The first kappa shape index (κ1) is 22.5. The second-order valence-electron chi connectivity index (χ2n) is 7.25. The Balaban J connectivity index is 1.52. The summed E-state index contributed by atoms with van der Waals surface area (Å²) in [5.41, 5.74) is 2.12. The smallest absolute Gasteiger partial charge is 0.338 e. The quantitative estimate of drug-likeness (QED) is 0.604. The van der Waals surface area contributed by atoms with Crippen molar-refractivity contribution < 1.29 is 23.8 Å². The molecule has 166 valence electrons. The van der Waals surface area contributed by atoms with Crippen LogP contribution in [0.3, 0.4) is 0 Å². The van der Waals surface area contributed by atoms with Gasteiger partial charge in [-0.05, 0) is 75.6 Å². The molecule has 1 aliphatic heterocycles. The van der Waals surface area contributed by atoms with Crippen LogP contribution in [0.2, 0.25) is 0 Å². The summed E-state index contributed by atoms with van der Waals surface area (Å²) in [4.78, 5) is 26.9. The molecule has 1 amide bonds. The number of esters is 1. The standard InChI is InChI=1S/C24H30N2O5/c1-3-29-21-13-8-18(16-22(21)30-4-2)24(28)31-17-23(27)25-19-9-11-20(12-10-19)26-14-6-5-7-15-26/h8-13,16H,3-7,14-15,17H2,1-2H3,(H,25,27). The van der Waals surface area contributed by atoms with Crippen molar-refractivity contribution in [3.63, 3.8) is 0 Å². The topological polar surface area (TPSA) is 77.1 Å². The van der Waals surface area contributed by atoms with Gasteiger partial charge in [0.05, 0.1) is 18.8 Å². The summed E-state index contributed by atoms with van der Waals surface area (Å²) >= 11 is 0. The maximum Gasteiger partial charge on any atom is 0.338 e. The molecule has 1 N–H and O–H groups in total. The van der Waals surface area contributed by atoms with Crippen LogP contribution in [-0.4, -0.2) is 44.8 Å². The summed E-state index contributed by atoms with van der Waals surface area (Å²) in [6, 6.07) is 12.6. The van der Waals surface area contributed by atoms with Crippen LogP contribution in [0.15, 0.2) is 42.5 Å². The first-order valence-electron chi connectivity index (χ1n) is 10.8. The minimum absolute atomic E-state index is 0.297. The van der Waals surface area contributed by atoms with Crippen molar-refractivity contribution in [3.8, 4) is 11.5 Å². The van der Waals surface area contributed by atoms with E-state index < -0.39 is 11.9 Å². The van der Waals surface area contributed by atoms with Crippen molar-refractivity contribution >= 4 is 23.3 Å². The first-order chi connectivity index (χ1) is 15.1. The Morgan fingerprint density at radius 3 is 2.26 bits per heavy atom. The molecule has 3 rings (SSSR count). The lowest BCUT2D eigenvalue weighted by Crippen LogP contribution is -2.29. The molecule has 0 spiro atoms. The molecule has 1 saturated heterocycles. The number of rotatable bonds is 9. The van der Waals surface area contributed by atoms with Gasteiger partial charge in [0, 0.05) is 24.5 Å². The van der Waals surface area contributed by atoms with Crippen molar-refractivity contribution in [1.82, 2.24) is 0 Å². The third kappa shape index (κ3) is 6.38. The lowest BCUT2D eigenvalue weighted by molar-refractivity contribution is -0.119. The molecule has 31 heavy (non-hydrogen) atoms. The summed E-state index contributed by atoms with van der Waals surface area (Å²) < 4.78 is 16.2. The molecule has 0 atom stereocenters. The summed E-state index contributed by atoms with van der Waals surface area (Å²) in [5.74, 6) is 0.0401. The maximum absolute atomic E-state index is 12.3. The number of carbonyl (C=O) groups is 2. The van der Waals surface area contributed by atoms with E-state index in [2.05, 4.69) is 10.2 Å². The summed E-state index contributed by atoms with van der Waals surface area (Å²) in [7, 11) is 0. The zero-order chi connectivity index (χ0) is 22.1. The number of carbonyl (C=O) groups excluding carboxylic acids is 2. The van der Waals surface area contributed by atoms with E-state index in [9.17, 15) is 9.59 Å². The van der Waals surface area contributed by atoms with Crippen LogP contribution >= 0.6 is 0 Å². The van der Waals surface area contributed by atoms with Gasteiger partial charge in [0.1, 0.15) is 0 Å². The SMILES string of the molecule is CCOc1ccc(C(=O)OCC(=O)Nc2ccc(N3CCCCC3)cc2)cc1OCC. The van der Waals surface area contributed by atoms with Gasteiger partial charge in [-0.15, -0.1) is 0 Å². The van der Waals surface area contributed by atoms with E-state index >= 15 is 0 Å². The average molecular weight is 427 g/mol. The summed E-state index contributed by atoms with van der Waals surface area (Å²) in [6.45, 7) is 6.42. The number of nitrogens with one attached hydrogen (secondary N) is 1. The highest BCUT2D eigenvalue weighted by Gasteiger charge is 2.15. The zero-order valence-electron chi connectivity index (χ0n) is 18.2. The molecule has 0 aromatic heterocycles. The molecule has 7 heteroatoms. The van der Waals surface area contributed by atoms with Crippen LogP contribution < -0.4 is 19.7 Å². The molecule has 1 fully saturated rings. The molecule has 2 aromatic rings. The highest BCUT2D eigenvalue weighted by molar-refractivity contribution is 5.95. The van der Waals surface area contributed by atoms with Crippen LogP contribution in [0.1, 0.15) is 43.5 Å². The molecule has 0 bridgehead atoms. The zero-order valence-corrected chi connectivity index (χ0v) is 18.2. The average Bonchev–Trinajstić information content (AvgIpc) is 2.80. The van der Waals surface area contributed by atoms with Crippen molar-refractivity contribution in [2.45, 2.75) is 33.1 Å². The maximum atomic E-state index is 12.3. The van der Waals surface area contributed by atoms with E-state index in [1.807, 2.05) is 38.1 Å².